The molecule has 2 aromatic heterocycles. The van der Waals surface area contributed by atoms with Gasteiger partial charge >= 0.3 is 5.97 Å². The molecule has 0 radical (unpaired) electrons. The van der Waals surface area contributed by atoms with Gasteiger partial charge in [0.1, 0.15) is 16.5 Å². The molecule has 0 saturated heterocycles. The minimum Gasteiger partial charge on any atom is -0.481 e. The number of aromatic nitrogens is 2. The Morgan fingerprint density at radius 3 is 2.64 bits per heavy atom. The highest BCUT2D eigenvalue weighted by molar-refractivity contribution is 7.25. The predicted molar refractivity (Wildman–Crippen MR) is 153 cm³/mol. The van der Waals surface area contributed by atoms with Crippen LogP contribution in [-0.4, -0.2) is 27.8 Å². The zero-order chi connectivity index (χ0) is 26.3. The summed E-state index contributed by atoms with van der Waals surface area (Å²) in [5.41, 5.74) is 1.09. The first-order chi connectivity index (χ1) is 19.2. The molecular formula is C31H33N3O4S. The first kappa shape index (κ1) is 24.6. The molecular weight excluding hydrogens is 510 g/mol. The molecule has 2 fully saturated rings. The standard InChI is InChI=1S/C31H33N3O4S/c35-31(36)22-10-4-2-8-20(22)19-7-1-3-9-21(19)28-33-29(27-23-11-5-6-12-26(23)39-30(27)34-28)32-16-18-13-14-24-25(15-18)38-17-37-24/h5-6,11-15,19-22H,1-4,7-10,16-17H2,(H,35,36)(H,32,33,34). The number of aliphatic carboxylic acids is 1. The summed E-state index contributed by atoms with van der Waals surface area (Å²) in [4.78, 5) is 23.6. The molecule has 0 bridgehead atoms. The normalized spacial score (nSPS) is 24.7. The highest BCUT2D eigenvalue weighted by Gasteiger charge is 2.42. The minimum absolute atomic E-state index is 0.185. The molecule has 4 atom stereocenters. The minimum atomic E-state index is -0.629. The molecule has 7 rings (SSSR count). The molecule has 4 aromatic rings. The van der Waals surface area contributed by atoms with E-state index in [0.717, 1.165) is 95.7 Å². The fraction of sp³-hybridized carbons (Fsp3) is 0.452. The van der Waals surface area contributed by atoms with Crippen molar-refractivity contribution in [3.63, 3.8) is 0 Å². The van der Waals surface area contributed by atoms with Gasteiger partial charge in [0, 0.05) is 22.5 Å². The van der Waals surface area contributed by atoms with E-state index < -0.39 is 5.97 Å². The molecule has 2 N–H and O–H groups in total. The van der Waals surface area contributed by atoms with Crippen molar-refractivity contribution >= 4 is 43.4 Å². The number of nitrogens with one attached hydrogen (secondary N) is 1. The quantitative estimate of drug-likeness (QED) is 0.263. The second kappa shape index (κ2) is 10.3. The van der Waals surface area contributed by atoms with E-state index in [4.69, 9.17) is 19.4 Å². The lowest BCUT2D eigenvalue weighted by Crippen LogP contribution is -2.37. The molecule has 2 saturated carbocycles. The number of nitrogens with zero attached hydrogens (tertiary/aromatic N) is 2. The lowest BCUT2D eigenvalue weighted by Gasteiger charge is -2.41. The summed E-state index contributed by atoms with van der Waals surface area (Å²) in [5, 5.41) is 15.9. The van der Waals surface area contributed by atoms with E-state index in [2.05, 4.69) is 35.6 Å². The number of carbonyl (C=O) groups is 1. The molecule has 2 aliphatic carbocycles. The Morgan fingerprint density at radius 2 is 1.74 bits per heavy atom. The lowest BCUT2D eigenvalue weighted by molar-refractivity contribution is -0.146. The molecule has 3 heterocycles. The number of carboxylic acids is 1. The van der Waals surface area contributed by atoms with Gasteiger partial charge in [0.25, 0.3) is 0 Å². The van der Waals surface area contributed by atoms with Gasteiger partial charge in [-0.05, 0) is 61.3 Å². The van der Waals surface area contributed by atoms with Crippen molar-refractivity contribution in [2.24, 2.45) is 17.8 Å². The number of carboxylic acid groups (broad SMARTS) is 1. The number of rotatable bonds is 6. The van der Waals surface area contributed by atoms with E-state index in [0.29, 0.717) is 12.5 Å². The molecule has 7 nitrogen and oxygen atoms in total. The first-order valence-electron chi connectivity index (χ1n) is 14.2. The number of ether oxygens (including phenoxy) is 2. The van der Waals surface area contributed by atoms with Gasteiger partial charge in [0.15, 0.2) is 11.5 Å². The van der Waals surface area contributed by atoms with Gasteiger partial charge in [0.05, 0.1) is 11.3 Å². The number of anilines is 1. The van der Waals surface area contributed by atoms with Crippen LogP contribution in [0.2, 0.25) is 0 Å². The smallest absolute Gasteiger partial charge is 0.306 e. The van der Waals surface area contributed by atoms with Crippen molar-refractivity contribution in [3.05, 3.63) is 53.9 Å². The summed E-state index contributed by atoms with van der Waals surface area (Å²) < 4.78 is 12.3. The maximum Gasteiger partial charge on any atom is 0.306 e. The highest BCUT2D eigenvalue weighted by atomic mass is 32.1. The SMILES string of the molecule is O=C(O)C1CCCCC1C1CCCCC1c1nc(NCc2ccc3c(c2)OCO3)c2c(n1)sc1ccccc12. The second-order valence-corrected chi connectivity index (χ2v) is 12.2. The lowest BCUT2D eigenvalue weighted by atomic mass is 9.64. The van der Waals surface area contributed by atoms with E-state index in [-0.39, 0.29) is 24.5 Å². The fourth-order valence-corrected chi connectivity index (χ4v) is 8.22. The van der Waals surface area contributed by atoms with Crippen molar-refractivity contribution in [1.82, 2.24) is 9.97 Å². The van der Waals surface area contributed by atoms with Crippen LogP contribution in [0.25, 0.3) is 20.3 Å². The largest absolute Gasteiger partial charge is 0.481 e. The third-order valence-corrected chi connectivity index (χ3v) is 10.1. The van der Waals surface area contributed by atoms with Crippen molar-refractivity contribution in [1.29, 1.82) is 0 Å². The Hall–Kier alpha value is -3.39. The number of hydrogen-bond acceptors (Lipinski definition) is 7. The second-order valence-electron chi connectivity index (χ2n) is 11.2. The summed E-state index contributed by atoms with van der Waals surface area (Å²) in [6.07, 6.45) is 8.31. The zero-order valence-corrected chi connectivity index (χ0v) is 22.7. The maximum atomic E-state index is 12.2. The van der Waals surface area contributed by atoms with Crippen molar-refractivity contribution < 1.29 is 19.4 Å². The van der Waals surface area contributed by atoms with Gasteiger partial charge in [-0.1, -0.05) is 49.9 Å². The van der Waals surface area contributed by atoms with Crippen molar-refractivity contribution in [3.8, 4) is 11.5 Å². The van der Waals surface area contributed by atoms with Gasteiger partial charge < -0.3 is 19.9 Å². The molecule has 8 heteroatoms. The van der Waals surface area contributed by atoms with Crippen LogP contribution in [0.15, 0.2) is 42.5 Å². The van der Waals surface area contributed by atoms with Gasteiger partial charge in [0.2, 0.25) is 6.79 Å². The number of fused-ring (bicyclic) bond motifs is 4. The van der Waals surface area contributed by atoms with Crippen molar-refractivity contribution in [2.45, 2.75) is 63.8 Å². The Balaban J connectivity index is 1.27. The number of thiophene rings is 1. The van der Waals surface area contributed by atoms with Crippen LogP contribution in [0, 0.1) is 17.8 Å². The van der Waals surface area contributed by atoms with E-state index in [1.54, 1.807) is 11.3 Å². The zero-order valence-electron chi connectivity index (χ0n) is 21.9. The average Bonchev–Trinajstić information content (AvgIpc) is 3.60. The molecule has 3 aliphatic rings. The topological polar surface area (TPSA) is 93.6 Å². The third kappa shape index (κ3) is 4.58. The van der Waals surface area contributed by atoms with Crippen LogP contribution in [0.5, 0.6) is 11.5 Å². The van der Waals surface area contributed by atoms with Crippen LogP contribution in [0.1, 0.15) is 68.7 Å². The highest BCUT2D eigenvalue weighted by Crippen LogP contribution is 2.48. The maximum absolute atomic E-state index is 12.2. The monoisotopic (exact) mass is 543 g/mol. The van der Waals surface area contributed by atoms with Crippen LogP contribution in [0.4, 0.5) is 5.82 Å². The molecule has 4 unspecified atom stereocenters. The van der Waals surface area contributed by atoms with E-state index in [1.807, 2.05) is 12.1 Å². The van der Waals surface area contributed by atoms with E-state index in [1.165, 1.54) is 4.70 Å². The molecule has 1 aliphatic heterocycles. The van der Waals surface area contributed by atoms with Crippen molar-refractivity contribution in [2.75, 3.05) is 12.1 Å². The molecule has 2 aromatic carbocycles. The Bertz CT molecular complexity index is 1540. The Labute approximate surface area is 231 Å². The third-order valence-electron chi connectivity index (χ3n) is 8.99. The predicted octanol–water partition coefficient (Wildman–Crippen LogP) is 7.35. The van der Waals surface area contributed by atoms with Gasteiger partial charge in [-0.2, -0.15) is 0 Å². The van der Waals surface area contributed by atoms with Crippen LogP contribution in [0.3, 0.4) is 0 Å². The van der Waals surface area contributed by atoms with E-state index >= 15 is 0 Å². The summed E-state index contributed by atoms with van der Waals surface area (Å²) in [7, 11) is 0. The summed E-state index contributed by atoms with van der Waals surface area (Å²) >= 11 is 1.71. The number of benzene rings is 2. The Kier molecular flexibility index (Phi) is 6.51. The van der Waals surface area contributed by atoms with Crippen LogP contribution in [-0.2, 0) is 11.3 Å². The molecule has 0 spiro atoms. The van der Waals surface area contributed by atoms with Gasteiger partial charge in [-0.15, -0.1) is 11.3 Å². The van der Waals surface area contributed by atoms with Gasteiger partial charge in [-0.25, -0.2) is 9.97 Å². The summed E-state index contributed by atoms with van der Waals surface area (Å²) in [6, 6.07) is 14.5. The average molecular weight is 544 g/mol. The molecule has 202 valence electrons. The Morgan fingerprint density at radius 1 is 0.949 bits per heavy atom. The van der Waals surface area contributed by atoms with Crippen LogP contribution >= 0.6 is 11.3 Å². The van der Waals surface area contributed by atoms with Crippen LogP contribution < -0.4 is 14.8 Å². The number of hydrogen-bond donors (Lipinski definition) is 2. The molecule has 39 heavy (non-hydrogen) atoms. The van der Waals surface area contributed by atoms with Gasteiger partial charge in [-0.3, -0.25) is 4.79 Å². The molecule has 0 amide bonds. The first-order valence-corrected chi connectivity index (χ1v) is 15.0. The van der Waals surface area contributed by atoms with E-state index in [9.17, 15) is 9.90 Å². The summed E-state index contributed by atoms with van der Waals surface area (Å²) in [6.45, 7) is 0.861. The summed E-state index contributed by atoms with van der Waals surface area (Å²) in [5.74, 6) is 3.10. The fourth-order valence-electron chi connectivity index (χ4n) is 7.14.